The lowest BCUT2D eigenvalue weighted by molar-refractivity contribution is 0.274. The fourth-order valence-electron chi connectivity index (χ4n) is 1.78. The third kappa shape index (κ3) is 4.07. The number of hydrogen-bond acceptors (Lipinski definition) is 4. The average Bonchev–Trinajstić information content (AvgIpc) is 2.37. The second-order valence-electron chi connectivity index (χ2n) is 5.41. The zero-order valence-corrected chi connectivity index (χ0v) is 13.4. The minimum absolute atomic E-state index is 0.0190. The van der Waals surface area contributed by atoms with Gasteiger partial charge in [0.15, 0.2) is 0 Å². The number of methoxy groups -OCH3 is 1. The van der Waals surface area contributed by atoms with Gasteiger partial charge in [-0.05, 0) is 17.0 Å². The summed E-state index contributed by atoms with van der Waals surface area (Å²) in [5, 5.41) is 0. The molecule has 5 heteroatoms. The summed E-state index contributed by atoms with van der Waals surface area (Å²) in [7, 11) is 1.29. The van der Waals surface area contributed by atoms with Crippen LogP contribution < -0.4 is 4.74 Å². The standard InChI is InChI=1S/C14H23O4P/c1-14(2,3)12-7-8-13(16-4)11(9-12)10-19(15,17-5)18-6/h7-9H,10H2,1-6H3. The van der Waals surface area contributed by atoms with E-state index in [0.717, 1.165) is 11.1 Å². The topological polar surface area (TPSA) is 44.8 Å². The van der Waals surface area contributed by atoms with E-state index in [4.69, 9.17) is 13.8 Å². The third-order valence-electron chi connectivity index (χ3n) is 3.07. The molecule has 19 heavy (non-hydrogen) atoms. The first kappa shape index (κ1) is 16.2. The summed E-state index contributed by atoms with van der Waals surface area (Å²) in [4.78, 5) is 0. The maximum atomic E-state index is 12.2. The highest BCUT2D eigenvalue weighted by atomic mass is 31.2. The molecule has 1 rings (SSSR count). The Morgan fingerprint density at radius 3 is 2.11 bits per heavy atom. The Balaban J connectivity index is 3.20. The van der Waals surface area contributed by atoms with Gasteiger partial charge in [0.05, 0.1) is 13.3 Å². The van der Waals surface area contributed by atoms with Crippen molar-refractivity contribution in [3.05, 3.63) is 29.3 Å². The van der Waals surface area contributed by atoms with E-state index in [2.05, 4.69) is 20.8 Å². The van der Waals surface area contributed by atoms with Crippen molar-refractivity contribution < 1.29 is 18.3 Å². The van der Waals surface area contributed by atoms with Crippen LogP contribution in [0, 0.1) is 0 Å². The molecule has 0 saturated carbocycles. The van der Waals surface area contributed by atoms with Gasteiger partial charge in [0.2, 0.25) is 0 Å². The SMILES string of the molecule is COc1ccc(C(C)(C)C)cc1CP(=O)(OC)OC. The van der Waals surface area contributed by atoms with Gasteiger partial charge >= 0.3 is 7.60 Å². The number of rotatable bonds is 5. The Hall–Kier alpha value is -0.830. The van der Waals surface area contributed by atoms with E-state index in [1.807, 2.05) is 18.2 Å². The van der Waals surface area contributed by atoms with Gasteiger partial charge in [-0.2, -0.15) is 0 Å². The molecule has 4 nitrogen and oxygen atoms in total. The molecular weight excluding hydrogens is 263 g/mol. The zero-order chi connectivity index (χ0) is 14.7. The van der Waals surface area contributed by atoms with Crippen LogP contribution in [0.1, 0.15) is 31.9 Å². The van der Waals surface area contributed by atoms with Gasteiger partial charge < -0.3 is 13.8 Å². The van der Waals surface area contributed by atoms with Crippen LogP contribution in [-0.4, -0.2) is 21.3 Å². The van der Waals surface area contributed by atoms with Gasteiger partial charge in [0, 0.05) is 19.8 Å². The summed E-state index contributed by atoms with van der Waals surface area (Å²) in [5.74, 6) is 0.697. The van der Waals surface area contributed by atoms with E-state index in [9.17, 15) is 4.57 Å². The molecule has 0 heterocycles. The first-order valence-electron chi connectivity index (χ1n) is 6.13. The van der Waals surface area contributed by atoms with Crippen LogP contribution in [-0.2, 0) is 25.2 Å². The van der Waals surface area contributed by atoms with Crippen molar-refractivity contribution in [2.24, 2.45) is 0 Å². The molecule has 0 bridgehead atoms. The van der Waals surface area contributed by atoms with Gasteiger partial charge in [-0.15, -0.1) is 0 Å². The van der Waals surface area contributed by atoms with Gasteiger partial charge in [-0.1, -0.05) is 32.9 Å². The fourth-order valence-corrected chi connectivity index (χ4v) is 2.85. The average molecular weight is 286 g/mol. The predicted molar refractivity (Wildman–Crippen MR) is 77.0 cm³/mol. The maximum Gasteiger partial charge on any atom is 0.334 e. The van der Waals surface area contributed by atoms with Crippen LogP contribution in [0.2, 0.25) is 0 Å². The molecule has 108 valence electrons. The number of ether oxygens (including phenoxy) is 1. The normalized spacial score (nSPS) is 12.5. The summed E-state index contributed by atoms with van der Waals surface area (Å²) < 4.78 is 27.6. The highest BCUT2D eigenvalue weighted by Gasteiger charge is 2.25. The molecule has 0 saturated heterocycles. The summed E-state index contributed by atoms with van der Waals surface area (Å²) >= 11 is 0. The Morgan fingerprint density at radius 2 is 1.68 bits per heavy atom. The second-order valence-corrected chi connectivity index (χ2v) is 7.68. The lowest BCUT2D eigenvalue weighted by Gasteiger charge is -2.22. The first-order chi connectivity index (χ1) is 8.75. The van der Waals surface area contributed by atoms with Crippen LogP contribution >= 0.6 is 7.60 Å². The molecule has 0 aliphatic carbocycles. The monoisotopic (exact) mass is 286 g/mol. The smallest absolute Gasteiger partial charge is 0.334 e. The quantitative estimate of drug-likeness (QED) is 0.768. The largest absolute Gasteiger partial charge is 0.496 e. The van der Waals surface area contributed by atoms with Crippen molar-refractivity contribution >= 4 is 7.60 Å². The highest BCUT2D eigenvalue weighted by Crippen LogP contribution is 2.51. The summed E-state index contributed by atoms with van der Waals surface area (Å²) in [6.45, 7) is 6.39. The van der Waals surface area contributed by atoms with E-state index in [1.165, 1.54) is 14.2 Å². The zero-order valence-electron chi connectivity index (χ0n) is 12.5. The highest BCUT2D eigenvalue weighted by molar-refractivity contribution is 7.52. The van der Waals surface area contributed by atoms with Crippen molar-refractivity contribution in [1.82, 2.24) is 0 Å². The minimum Gasteiger partial charge on any atom is -0.496 e. The molecule has 0 fully saturated rings. The lowest BCUT2D eigenvalue weighted by atomic mass is 9.86. The lowest BCUT2D eigenvalue weighted by Crippen LogP contribution is -2.11. The molecular formula is C14H23O4P. The summed E-state index contributed by atoms with van der Waals surface area (Å²) in [5.41, 5.74) is 2.01. The first-order valence-corrected chi connectivity index (χ1v) is 7.86. The van der Waals surface area contributed by atoms with Crippen molar-refractivity contribution in [2.45, 2.75) is 32.3 Å². The molecule has 0 unspecified atom stereocenters. The summed E-state index contributed by atoms with van der Waals surface area (Å²) in [6.07, 6.45) is 0.201. The van der Waals surface area contributed by atoms with Gasteiger partial charge in [-0.25, -0.2) is 0 Å². The van der Waals surface area contributed by atoms with Crippen molar-refractivity contribution in [2.75, 3.05) is 21.3 Å². The van der Waals surface area contributed by atoms with Gasteiger partial charge in [-0.3, -0.25) is 4.57 Å². The van der Waals surface area contributed by atoms with E-state index in [1.54, 1.807) is 7.11 Å². The number of hydrogen-bond donors (Lipinski definition) is 0. The van der Waals surface area contributed by atoms with Crippen molar-refractivity contribution in [3.8, 4) is 5.75 Å². The predicted octanol–water partition coefficient (Wildman–Crippen LogP) is 3.98. The fraction of sp³-hybridized carbons (Fsp3) is 0.571. The van der Waals surface area contributed by atoms with Crippen molar-refractivity contribution in [3.63, 3.8) is 0 Å². The minimum atomic E-state index is -3.10. The molecule has 1 aromatic rings. The van der Waals surface area contributed by atoms with E-state index >= 15 is 0 Å². The molecule has 0 aliphatic rings. The molecule has 0 aromatic heterocycles. The van der Waals surface area contributed by atoms with Crippen LogP contribution in [0.5, 0.6) is 5.75 Å². The molecule has 0 N–H and O–H groups in total. The second kappa shape index (κ2) is 6.08. The van der Waals surface area contributed by atoms with Gasteiger partial charge in [0.1, 0.15) is 5.75 Å². The molecule has 0 aliphatic heterocycles. The van der Waals surface area contributed by atoms with Crippen LogP contribution in [0.25, 0.3) is 0 Å². The molecule has 0 amide bonds. The van der Waals surface area contributed by atoms with Crippen molar-refractivity contribution in [1.29, 1.82) is 0 Å². The third-order valence-corrected chi connectivity index (χ3v) is 4.91. The Morgan fingerprint density at radius 1 is 1.11 bits per heavy atom. The van der Waals surface area contributed by atoms with E-state index in [0.29, 0.717) is 5.75 Å². The molecule has 0 radical (unpaired) electrons. The maximum absolute atomic E-state index is 12.2. The summed E-state index contributed by atoms with van der Waals surface area (Å²) in [6, 6.07) is 5.92. The van der Waals surface area contributed by atoms with Crippen LogP contribution in [0.3, 0.4) is 0 Å². The Kier molecular flexibility index (Phi) is 5.19. The Bertz CT molecular complexity index is 469. The molecule has 1 aromatic carbocycles. The van der Waals surface area contributed by atoms with Gasteiger partial charge in [0.25, 0.3) is 0 Å². The molecule has 0 spiro atoms. The van der Waals surface area contributed by atoms with Crippen LogP contribution in [0.15, 0.2) is 18.2 Å². The van der Waals surface area contributed by atoms with E-state index < -0.39 is 7.60 Å². The van der Waals surface area contributed by atoms with Crippen LogP contribution in [0.4, 0.5) is 0 Å². The molecule has 0 atom stereocenters. The Labute approximate surface area is 115 Å². The van der Waals surface area contributed by atoms with E-state index in [-0.39, 0.29) is 11.6 Å². The number of benzene rings is 1.